The average molecular weight is 429 g/mol. The number of rotatable bonds is 8. The van der Waals surface area contributed by atoms with Gasteiger partial charge in [0.25, 0.3) is 0 Å². The summed E-state index contributed by atoms with van der Waals surface area (Å²) in [5.41, 5.74) is 3.29. The molecule has 3 aliphatic rings. The highest BCUT2D eigenvalue weighted by molar-refractivity contribution is 5.38. The Morgan fingerprint density at radius 3 is 2.55 bits per heavy atom. The van der Waals surface area contributed by atoms with E-state index in [2.05, 4.69) is 45.6 Å². The van der Waals surface area contributed by atoms with Crippen LogP contribution < -0.4 is 0 Å². The molecule has 3 nitrogen and oxygen atoms in total. The predicted octanol–water partition coefficient (Wildman–Crippen LogP) is 5.73. The Kier molecular flexibility index (Phi) is 8.78. The maximum absolute atomic E-state index is 10.1. The number of aliphatic hydroxyl groups excluding tert-OH is 3. The molecule has 3 saturated carbocycles. The van der Waals surface area contributed by atoms with E-state index in [9.17, 15) is 15.3 Å². The highest BCUT2D eigenvalue weighted by Gasteiger charge is 2.29. The van der Waals surface area contributed by atoms with Crippen molar-refractivity contribution in [2.24, 2.45) is 29.6 Å². The molecule has 3 aliphatic carbocycles. The van der Waals surface area contributed by atoms with Gasteiger partial charge in [-0.1, -0.05) is 57.2 Å². The lowest BCUT2D eigenvalue weighted by Crippen LogP contribution is -2.27. The van der Waals surface area contributed by atoms with Gasteiger partial charge in [0.15, 0.2) is 0 Å². The standard InChI is InChI=1S/C28H44O3/c1-18(19(2)9-15-27(30)23-11-12-23)8-14-26-20(3)6-5-7-22(26)10-13-24-16-25(29)17-28(31)21(24)4/h9-10,13,15,18-20,23,25-31H,4-8,11-12,14,16-17H2,1-3H3/b15-9+,22-10+,24-13-/t18-,19-,20-,25-,26-,27-,28+/m1/s1. The lowest BCUT2D eigenvalue weighted by Gasteiger charge is -2.33. The van der Waals surface area contributed by atoms with Gasteiger partial charge in [0.2, 0.25) is 0 Å². The summed E-state index contributed by atoms with van der Waals surface area (Å²) >= 11 is 0. The molecule has 3 N–H and O–H groups in total. The summed E-state index contributed by atoms with van der Waals surface area (Å²) < 4.78 is 0. The first-order valence-electron chi connectivity index (χ1n) is 12.6. The molecule has 3 fully saturated rings. The Bertz CT molecular complexity index is 699. The third-order valence-electron chi connectivity index (χ3n) is 8.10. The van der Waals surface area contributed by atoms with Crippen molar-refractivity contribution in [2.75, 3.05) is 0 Å². The van der Waals surface area contributed by atoms with Crippen LogP contribution >= 0.6 is 0 Å². The van der Waals surface area contributed by atoms with Crippen molar-refractivity contribution in [1.82, 2.24) is 0 Å². The van der Waals surface area contributed by atoms with Crippen molar-refractivity contribution in [1.29, 1.82) is 0 Å². The molecule has 0 saturated heterocycles. The van der Waals surface area contributed by atoms with Gasteiger partial charge < -0.3 is 15.3 Å². The first-order valence-corrected chi connectivity index (χ1v) is 12.6. The van der Waals surface area contributed by atoms with Crippen LogP contribution in [0.25, 0.3) is 0 Å². The maximum atomic E-state index is 10.1. The molecule has 0 amide bonds. The third kappa shape index (κ3) is 6.91. The highest BCUT2D eigenvalue weighted by Crippen LogP contribution is 2.39. The summed E-state index contributed by atoms with van der Waals surface area (Å²) in [6, 6.07) is 0. The van der Waals surface area contributed by atoms with Gasteiger partial charge in [-0.15, -0.1) is 0 Å². The zero-order valence-corrected chi connectivity index (χ0v) is 19.8. The van der Waals surface area contributed by atoms with Crippen LogP contribution in [0.3, 0.4) is 0 Å². The Labute approximate surface area is 189 Å². The lowest BCUT2D eigenvalue weighted by molar-refractivity contribution is 0.0862. The Balaban J connectivity index is 1.60. The molecule has 0 spiro atoms. The number of aliphatic hydroxyl groups is 3. The molecule has 0 aromatic heterocycles. The summed E-state index contributed by atoms with van der Waals surface area (Å²) in [4.78, 5) is 0. The quantitative estimate of drug-likeness (QED) is 0.433. The molecule has 31 heavy (non-hydrogen) atoms. The number of allylic oxidation sites excluding steroid dienone is 4. The molecule has 0 aromatic carbocycles. The van der Waals surface area contributed by atoms with E-state index >= 15 is 0 Å². The third-order valence-corrected chi connectivity index (χ3v) is 8.10. The first-order chi connectivity index (χ1) is 14.8. The van der Waals surface area contributed by atoms with Crippen LogP contribution in [0.2, 0.25) is 0 Å². The van der Waals surface area contributed by atoms with Crippen LogP contribution in [-0.2, 0) is 0 Å². The second kappa shape index (κ2) is 11.1. The Hall–Kier alpha value is -1.16. The van der Waals surface area contributed by atoms with Gasteiger partial charge in [-0.3, -0.25) is 0 Å². The summed E-state index contributed by atoms with van der Waals surface area (Å²) in [6.07, 6.45) is 16.7. The van der Waals surface area contributed by atoms with Crippen LogP contribution in [0.4, 0.5) is 0 Å². The first kappa shape index (κ1) is 24.5. The van der Waals surface area contributed by atoms with E-state index in [1.807, 2.05) is 6.08 Å². The fraction of sp³-hybridized carbons (Fsp3) is 0.714. The maximum Gasteiger partial charge on any atom is 0.0811 e. The minimum atomic E-state index is -0.622. The Morgan fingerprint density at radius 1 is 1.10 bits per heavy atom. The van der Waals surface area contributed by atoms with Gasteiger partial charge in [0, 0.05) is 6.42 Å². The molecule has 0 heterocycles. The fourth-order valence-electron chi connectivity index (χ4n) is 5.30. The second-order valence-corrected chi connectivity index (χ2v) is 10.7. The van der Waals surface area contributed by atoms with E-state index in [4.69, 9.17) is 0 Å². The Morgan fingerprint density at radius 2 is 1.84 bits per heavy atom. The van der Waals surface area contributed by atoms with E-state index in [1.165, 1.54) is 44.1 Å². The van der Waals surface area contributed by atoms with E-state index in [0.717, 1.165) is 17.6 Å². The van der Waals surface area contributed by atoms with Crippen LogP contribution in [0.15, 0.2) is 47.6 Å². The van der Waals surface area contributed by atoms with Crippen LogP contribution in [0.5, 0.6) is 0 Å². The molecule has 0 bridgehead atoms. The molecule has 174 valence electrons. The summed E-state index contributed by atoms with van der Waals surface area (Å²) in [5, 5.41) is 30.2. The van der Waals surface area contributed by atoms with Gasteiger partial charge in [-0.2, -0.15) is 0 Å². The topological polar surface area (TPSA) is 60.7 Å². The van der Waals surface area contributed by atoms with Gasteiger partial charge in [0.05, 0.1) is 18.3 Å². The predicted molar refractivity (Wildman–Crippen MR) is 128 cm³/mol. The largest absolute Gasteiger partial charge is 0.393 e. The molecule has 7 atom stereocenters. The molecule has 0 unspecified atom stereocenters. The summed E-state index contributed by atoms with van der Waals surface area (Å²) in [5.74, 6) is 2.88. The van der Waals surface area contributed by atoms with Gasteiger partial charge in [-0.05, 0) is 92.1 Å². The molecule has 3 rings (SSSR count). The molecule has 3 heteroatoms. The summed E-state index contributed by atoms with van der Waals surface area (Å²) in [6.45, 7) is 11.1. The molecular formula is C28H44O3. The van der Waals surface area contributed by atoms with E-state index in [0.29, 0.717) is 42.4 Å². The van der Waals surface area contributed by atoms with E-state index in [1.54, 1.807) is 0 Å². The number of hydrogen-bond acceptors (Lipinski definition) is 3. The minimum Gasteiger partial charge on any atom is -0.393 e. The highest BCUT2D eigenvalue weighted by atomic mass is 16.3. The molecular weight excluding hydrogens is 384 g/mol. The monoisotopic (exact) mass is 428 g/mol. The van der Waals surface area contributed by atoms with Crippen molar-refractivity contribution in [3.8, 4) is 0 Å². The second-order valence-electron chi connectivity index (χ2n) is 10.7. The van der Waals surface area contributed by atoms with Gasteiger partial charge in [0.1, 0.15) is 0 Å². The van der Waals surface area contributed by atoms with E-state index in [-0.39, 0.29) is 6.10 Å². The van der Waals surface area contributed by atoms with Gasteiger partial charge in [-0.25, -0.2) is 0 Å². The summed E-state index contributed by atoms with van der Waals surface area (Å²) in [7, 11) is 0. The zero-order chi connectivity index (χ0) is 22.5. The van der Waals surface area contributed by atoms with Crippen LogP contribution in [0, 0.1) is 29.6 Å². The van der Waals surface area contributed by atoms with Crippen LogP contribution in [0.1, 0.15) is 78.6 Å². The van der Waals surface area contributed by atoms with Crippen molar-refractivity contribution in [3.05, 3.63) is 47.6 Å². The fourth-order valence-corrected chi connectivity index (χ4v) is 5.30. The van der Waals surface area contributed by atoms with E-state index < -0.39 is 12.2 Å². The number of hydrogen-bond donors (Lipinski definition) is 3. The van der Waals surface area contributed by atoms with Crippen LogP contribution in [-0.4, -0.2) is 33.6 Å². The molecule has 0 aromatic rings. The minimum absolute atomic E-state index is 0.248. The van der Waals surface area contributed by atoms with Crippen molar-refractivity contribution in [3.63, 3.8) is 0 Å². The smallest absolute Gasteiger partial charge is 0.0811 e. The molecule has 0 radical (unpaired) electrons. The normalized spacial score (nSPS) is 35.6. The zero-order valence-electron chi connectivity index (χ0n) is 19.8. The van der Waals surface area contributed by atoms with Crippen molar-refractivity contribution < 1.29 is 15.3 Å². The SMILES string of the molecule is C=C1/C(=C\C=C2/CCC[C@@H](C)[C@H]2CC[C@@H](C)[C@H](C)/C=C/[C@@H](O)C2CC2)C[C@@H](O)C[C@@H]1O. The lowest BCUT2D eigenvalue weighted by atomic mass is 9.72. The van der Waals surface area contributed by atoms with Crippen molar-refractivity contribution in [2.45, 2.75) is 96.9 Å². The van der Waals surface area contributed by atoms with Crippen molar-refractivity contribution >= 4 is 0 Å². The molecule has 0 aliphatic heterocycles. The van der Waals surface area contributed by atoms with Gasteiger partial charge >= 0.3 is 0 Å². The average Bonchev–Trinajstić information content (AvgIpc) is 3.57.